The molecule has 0 aliphatic rings. The summed E-state index contributed by atoms with van der Waals surface area (Å²) in [6.45, 7) is 4.01. The fraction of sp³-hybridized carbons (Fsp3) is 0.0455. The van der Waals surface area contributed by atoms with Crippen LogP contribution in [0.2, 0.25) is 0 Å². The fourth-order valence-corrected chi connectivity index (χ4v) is 2.82. The Morgan fingerprint density at radius 1 is 0.880 bits per heavy atom. The van der Waals surface area contributed by atoms with E-state index >= 15 is 0 Å². The quantitative estimate of drug-likeness (QED) is 0.643. The molecule has 0 N–H and O–H groups in total. The smallest absolute Gasteiger partial charge is 0.128 e. The summed E-state index contributed by atoms with van der Waals surface area (Å²) in [5, 5.41) is 11.7. The first-order valence-electron chi connectivity index (χ1n) is 7.95. The number of ether oxygens (including phenoxy) is 1. The highest BCUT2D eigenvalue weighted by atomic mass is 16.5. The summed E-state index contributed by atoms with van der Waals surface area (Å²) >= 11 is 0. The molecule has 0 unspecified atom stereocenters. The Labute approximate surface area is 146 Å². The molecule has 0 fully saturated rings. The fourth-order valence-electron chi connectivity index (χ4n) is 2.82. The number of carboxylic acid groups (broad SMARTS) is 1. The standard InChI is InChI=1S/C22H18O3/c1-2-15-25-19-14-13-18(22(23)24)20(16-9-5-3-6-10-16)21(19)17-11-7-4-8-12-17/h2-14H,1,15H2,(H,23,24)/p-1. The molecule has 3 heteroatoms. The van der Waals surface area contributed by atoms with Gasteiger partial charge in [0.15, 0.2) is 0 Å². The van der Waals surface area contributed by atoms with Crippen LogP contribution in [0, 0.1) is 0 Å². The number of benzene rings is 3. The van der Waals surface area contributed by atoms with Crippen molar-refractivity contribution in [3.05, 3.63) is 91.0 Å². The number of carboxylic acids is 1. The Balaban J connectivity index is 2.35. The van der Waals surface area contributed by atoms with Crippen LogP contribution in [0.4, 0.5) is 0 Å². The summed E-state index contributed by atoms with van der Waals surface area (Å²) in [6.07, 6.45) is 1.66. The summed E-state index contributed by atoms with van der Waals surface area (Å²) in [7, 11) is 0. The molecular formula is C22H17O3-. The molecule has 3 aromatic carbocycles. The third-order valence-corrected chi connectivity index (χ3v) is 3.87. The summed E-state index contributed by atoms with van der Waals surface area (Å²) < 4.78 is 5.81. The molecule has 3 nitrogen and oxygen atoms in total. The number of carbonyl (C=O) groups is 1. The highest BCUT2D eigenvalue weighted by molar-refractivity contribution is 6.02. The maximum Gasteiger partial charge on any atom is 0.128 e. The normalized spacial score (nSPS) is 10.2. The van der Waals surface area contributed by atoms with Gasteiger partial charge in [-0.1, -0.05) is 73.3 Å². The number of hydrogen-bond acceptors (Lipinski definition) is 3. The minimum atomic E-state index is -1.22. The first-order chi connectivity index (χ1) is 12.2. The molecule has 0 spiro atoms. The Morgan fingerprint density at radius 2 is 1.44 bits per heavy atom. The van der Waals surface area contributed by atoms with Crippen molar-refractivity contribution in [2.45, 2.75) is 0 Å². The van der Waals surface area contributed by atoms with Gasteiger partial charge in [-0.2, -0.15) is 0 Å². The zero-order chi connectivity index (χ0) is 17.6. The van der Waals surface area contributed by atoms with E-state index in [1.807, 2.05) is 60.7 Å². The van der Waals surface area contributed by atoms with E-state index in [-0.39, 0.29) is 5.56 Å². The number of rotatable bonds is 6. The minimum Gasteiger partial charge on any atom is -0.545 e. The summed E-state index contributed by atoms with van der Waals surface area (Å²) in [4.78, 5) is 11.7. The first-order valence-corrected chi connectivity index (χ1v) is 7.95. The zero-order valence-electron chi connectivity index (χ0n) is 13.6. The van der Waals surface area contributed by atoms with Gasteiger partial charge in [0, 0.05) is 16.7 Å². The molecule has 0 saturated heterocycles. The van der Waals surface area contributed by atoms with Gasteiger partial charge in [0.05, 0.1) is 5.97 Å². The second-order valence-corrected chi connectivity index (χ2v) is 5.48. The van der Waals surface area contributed by atoms with E-state index in [0.717, 1.165) is 16.7 Å². The third-order valence-electron chi connectivity index (χ3n) is 3.87. The predicted molar refractivity (Wildman–Crippen MR) is 97.3 cm³/mol. The SMILES string of the molecule is C=CCOc1ccc(C(=O)[O-])c(-c2ccccc2)c1-c1ccccc1. The Hall–Kier alpha value is -3.33. The van der Waals surface area contributed by atoms with Gasteiger partial charge >= 0.3 is 0 Å². The van der Waals surface area contributed by atoms with E-state index in [1.165, 1.54) is 6.07 Å². The van der Waals surface area contributed by atoms with Crippen LogP contribution in [0.15, 0.2) is 85.5 Å². The molecule has 3 rings (SSSR count). The largest absolute Gasteiger partial charge is 0.545 e. The van der Waals surface area contributed by atoms with Crippen LogP contribution in [0.5, 0.6) is 5.75 Å². The van der Waals surface area contributed by atoms with Crippen LogP contribution in [-0.2, 0) is 0 Å². The molecule has 0 saturated carbocycles. The van der Waals surface area contributed by atoms with Gasteiger partial charge in [0.1, 0.15) is 12.4 Å². The highest BCUT2D eigenvalue weighted by Crippen LogP contribution is 2.41. The van der Waals surface area contributed by atoms with E-state index in [9.17, 15) is 9.90 Å². The summed E-state index contributed by atoms with van der Waals surface area (Å²) in [5.41, 5.74) is 3.13. The van der Waals surface area contributed by atoms with Crippen LogP contribution in [0.3, 0.4) is 0 Å². The van der Waals surface area contributed by atoms with Crippen molar-refractivity contribution in [3.8, 4) is 28.0 Å². The van der Waals surface area contributed by atoms with Gasteiger partial charge in [-0.15, -0.1) is 0 Å². The lowest BCUT2D eigenvalue weighted by Crippen LogP contribution is -2.23. The number of carbonyl (C=O) groups excluding carboxylic acids is 1. The zero-order valence-corrected chi connectivity index (χ0v) is 13.6. The van der Waals surface area contributed by atoms with Gasteiger partial charge < -0.3 is 14.6 Å². The molecule has 25 heavy (non-hydrogen) atoms. The van der Waals surface area contributed by atoms with E-state index in [2.05, 4.69) is 6.58 Å². The van der Waals surface area contributed by atoms with Crippen LogP contribution in [-0.4, -0.2) is 12.6 Å². The second-order valence-electron chi connectivity index (χ2n) is 5.48. The van der Waals surface area contributed by atoms with Crippen molar-refractivity contribution in [1.29, 1.82) is 0 Å². The minimum absolute atomic E-state index is 0.135. The predicted octanol–water partition coefficient (Wildman–Crippen LogP) is 3.95. The second kappa shape index (κ2) is 7.49. The Kier molecular flexibility index (Phi) is 4.95. The molecule has 0 amide bonds. The van der Waals surface area contributed by atoms with E-state index in [1.54, 1.807) is 12.1 Å². The van der Waals surface area contributed by atoms with Gasteiger partial charge in [0.2, 0.25) is 0 Å². The van der Waals surface area contributed by atoms with Crippen molar-refractivity contribution in [2.24, 2.45) is 0 Å². The molecule has 0 atom stereocenters. The van der Waals surface area contributed by atoms with Gasteiger partial charge in [-0.3, -0.25) is 0 Å². The van der Waals surface area contributed by atoms with Crippen molar-refractivity contribution < 1.29 is 14.6 Å². The van der Waals surface area contributed by atoms with E-state index < -0.39 is 5.97 Å². The monoisotopic (exact) mass is 329 g/mol. The molecule has 0 aliphatic heterocycles. The molecule has 0 radical (unpaired) electrons. The molecule has 0 aromatic heterocycles. The third kappa shape index (κ3) is 3.45. The van der Waals surface area contributed by atoms with Crippen molar-refractivity contribution in [1.82, 2.24) is 0 Å². The van der Waals surface area contributed by atoms with Gasteiger partial charge in [0.25, 0.3) is 0 Å². The maximum absolute atomic E-state index is 11.7. The molecule has 0 aliphatic carbocycles. The van der Waals surface area contributed by atoms with Gasteiger partial charge in [-0.25, -0.2) is 0 Å². The number of aromatic carboxylic acids is 1. The van der Waals surface area contributed by atoms with Crippen LogP contribution >= 0.6 is 0 Å². The van der Waals surface area contributed by atoms with Crippen LogP contribution in [0.1, 0.15) is 10.4 Å². The average molecular weight is 329 g/mol. The lowest BCUT2D eigenvalue weighted by Gasteiger charge is -2.20. The first kappa shape index (κ1) is 16.5. The molecule has 0 bridgehead atoms. The molecule has 0 heterocycles. The lowest BCUT2D eigenvalue weighted by atomic mass is 9.89. The van der Waals surface area contributed by atoms with Crippen molar-refractivity contribution in [2.75, 3.05) is 6.61 Å². The van der Waals surface area contributed by atoms with Crippen molar-refractivity contribution in [3.63, 3.8) is 0 Å². The van der Waals surface area contributed by atoms with Crippen LogP contribution in [0.25, 0.3) is 22.3 Å². The maximum atomic E-state index is 11.7. The average Bonchev–Trinajstić information content (AvgIpc) is 2.66. The van der Waals surface area contributed by atoms with Gasteiger partial charge in [-0.05, 0) is 23.3 Å². The topological polar surface area (TPSA) is 49.4 Å². The molecule has 3 aromatic rings. The number of hydrogen-bond donors (Lipinski definition) is 0. The molecular weight excluding hydrogens is 312 g/mol. The Morgan fingerprint density at radius 3 is 1.96 bits per heavy atom. The highest BCUT2D eigenvalue weighted by Gasteiger charge is 2.18. The van der Waals surface area contributed by atoms with E-state index in [4.69, 9.17) is 4.74 Å². The van der Waals surface area contributed by atoms with E-state index in [0.29, 0.717) is 17.9 Å². The summed E-state index contributed by atoms with van der Waals surface area (Å²) in [6, 6.07) is 22.2. The van der Waals surface area contributed by atoms with Crippen molar-refractivity contribution >= 4 is 5.97 Å². The summed E-state index contributed by atoms with van der Waals surface area (Å²) in [5.74, 6) is -0.610. The Bertz CT molecular complexity index is 884. The lowest BCUT2D eigenvalue weighted by molar-refractivity contribution is -0.254. The van der Waals surface area contributed by atoms with Crippen LogP contribution < -0.4 is 9.84 Å². The molecule has 124 valence electrons.